The number of thiazole rings is 1. The van der Waals surface area contributed by atoms with Crippen molar-refractivity contribution in [3.8, 4) is 0 Å². The summed E-state index contributed by atoms with van der Waals surface area (Å²) in [6.07, 6.45) is 0. The molecule has 0 amide bonds. The van der Waals surface area contributed by atoms with E-state index in [2.05, 4.69) is 11.1 Å². The summed E-state index contributed by atoms with van der Waals surface area (Å²) in [7, 11) is 0. The maximum atomic E-state index is 10.7. The predicted molar refractivity (Wildman–Crippen MR) is 85.7 cm³/mol. The number of nitrogens with zero attached hydrogens (tertiary/aromatic N) is 2. The maximum absolute atomic E-state index is 10.7. The number of halogens is 2. The summed E-state index contributed by atoms with van der Waals surface area (Å²) >= 11 is 14.8. The first-order valence-electron chi connectivity index (χ1n) is 5.62. The monoisotopic (exact) mass is 355 g/mol. The summed E-state index contributed by atoms with van der Waals surface area (Å²) in [6, 6.07) is 10.9. The third-order valence-electron chi connectivity index (χ3n) is 2.57. The molecule has 0 saturated heterocycles. The molecule has 0 saturated carbocycles. The Bertz CT molecular complexity index is 851. The van der Waals surface area contributed by atoms with Crippen LogP contribution in [-0.4, -0.2) is 9.91 Å². The Morgan fingerprint density at radius 3 is 2.86 bits per heavy atom. The standard InChI is InChI=1S/C13H5Cl2N2O2S2/c14-7-1-3-12-10(5-7)16-13(21-12)20-11-4-2-8(17(18)19)6-9(11)15/h1-3,5-6H. The Morgan fingerprint density at radius 1 is 1.33 bits per heavy atom. The van der Waals surface area contributed by atoms with Gasteiger partial charge < -0.3 is 0 Å². The van der Waals surface area contributed by atoms with E-state index in [1.807, 2.05) is 12.1 Å². The Labute approximate surface area is 137 Å². The zero-order chi connectivity index (χ0) is 15.0. The van der Waals surface area contributed by atoms with Gasteiger partial charge in [0.05, 0.1) is 20.2 Å². The van der Waals surface area contributed by atoms with E-state index in [9.17, 15) is 10.1 Å². The number of fused-ring (bicyclic) bond motifs is 1. The fraction of sp³-hybridized carbons (Fsp3) is 0. The van der Waals surface area contributed by atoms with Crippen LogP contribution in [0.15, 0.2) is 39.6 Å². The molecule has 8 heteroatoms. The molecule has 0 unspecified atom stereocenters. The Morgan fingerprint density at radius 2 is 2.14 bits per heavy atom. The maximum Gasteiger partial charge on any atom is 0.271 e. The highest BCUT2D eigenvalue weighted by atomic mass is 35.5. The van der Waals surface area contributed by atoms with E-state index < -0.39 is 4.92 Å². The zero-order valence-corrected chi connectivity index (χ0v) is 13.3. The van der Waals surface area contributed by atoms with Crippen LogP contribution in [0.25, 0.3) is 10.2 Å². The average molecular weight is 356 g/mol. The summed E-state index contributed by atoms with van der Waals surface area (Å²) in [4.78, 5) is 15.2. The number of nitro groups is 1. The first-order valence-corrected chi connectivity index (χ1v) is 8.01. The first-order chi connectivity index (χ1) is 10.0. The fourth-order valence-corrected chi connectivity index (χ4v) is 4.04. The van der Waals surface area contributed by atoms with Crippen molar-refractivity contribution in [3.63, 3.8) is 0 Å². The van der Waals surface area contributed by atoms with Crippen LogP contribution in [0.4, 0.5) is 5.69 Å². The van der Waals surface area contributed by atoms with E-state index in [1.165, 1.54) is 35.2 Å². The van der Waals surface area contributed by atoms with E-state index in [0.717, 1.165) is 14.6 Å². The molecule has 0 aliphatic heterocycles. The highest BCUT2D eigenvalue weighted by molar-refractivity contribution is 8.01. The van der Waals surface area contributed by atoms with Crippen LogP contribution in [0.1, 0.15) is 0 Å². The molecule has 1 aromatic heterocycles. The van der Waals surface area contributed by atoms with Gasteiger partial charge in [-0.1, -0.05) is 35.0 Å². The molecule has 0 bridgehead atoms. The molecule has 0 atom stereocenters. The molecule has 21 heavy (non-hydrogen) atoms. The van der Waals surface area contributed by atoms with Crippen molar-refractivity contribution < 1.29 is 4.92 Å². The number of rotatable bonds is 3. The highest BCUT2D eigenvalue weighted by Crippen LogP contribution is 2.38. The summed E-state index contributed by atoms with van der Waals surface area (Å²) in [5, 5.41) is 11.6. The Kier molecular flexibility index (Phi) is 4.03. The normalized spacial score (nSPS) is 11.0. The molecule has 0 N–H and O–H groups in total. The number of aromatic nitrogens is 1. The lowest BCUT2D eigenvalue weighted by atomic mass is 10.3. The van der Waals surface area contributed by atoms with Gasteiger partial charge in [-0.2, -0.15) is 0 Å². The van der Waals surface area contributed by atoms with Crippen LogP contribution in [0.3, 0.4) is 0 Å². The molecule has 0 fully saturated rings. The molecule has 0 spiro atoms. The minimum atomic E-state index is -0.503. The van der Waals surface area contributed by atoms with Gasteiger partial charge in [-0.25, -0.2) is 4.98 Å². The van der Waals surface area contributed by atoms with Gasteiger partial charge in [-0.05, 0) is 18.2 Å². The number of benzene rings is 2. The van der Waals surface area contributed by atoms with Gasteiger partial charge >= 0.3 is 0 Å². The second-order valence-corrected chi connectivity index (χ2v) is 7.12. The SMILES string of the molecule is O=[N+]([O-])c1c[c]c(Sc2nc3cc(Cl)ccc3s2)c(Cl)c1. The summed E-state index contributed by atoms with van der Waals surface area (Å²) in [6.45, 7) is 0. The molecule has 4 nitrogen and oxygen atoms in total. The van der Waals surface area contributed by atoms with Crippen LogP contribution in [0.5, 0.6) is 0 Å². The van der Waals surface area contributed by atoms with Gasteiger partial charge in [0.25, 0.3) is 5.69 Å². The molecule has 1 heterocycles. The molecule has 3 aromatic rings. The lowest BCUT2D eigenvalue weighted by molar-refractivity contribution is -0.384. The van der Waals surface area contributed by atoms with Gasteiger partial charge in [-0.3, -0.25) is 10.1 Å². The van der Waals surface area contributed by atoms with Gasteiger partial charge in [0.15, 0.2) is 4.34 Å². The second-order valence-electron chi connectivity index (χ2n) is 3.99. The Hall–Kier alpha value is -1.34. The third kappa shape index (κ3) is 3.13. The van der Waals surface area contributed by atoms with E-state index in [1.54, 1.807) is 6.07 Å². The summed E-state index contributed by atoms with van der Waals surface area (Å²) in [5.41, 5.74) is 0.730. The van der Waals surface area contributed by atoms with Crippen LogP contribution in [0, 0.1) is 16.2 Å². The Balaban J connectivity index is 1.93. The average Bonchev–Trinajstić information content (AvgIpc) is 2.82. The molecule has 2 aromatic carbocycles. The van der Waals surface area contributed by atoms with Crippen LogP contribution in [0.2, 0.25) is 10.0 Å². The first kappa shape index (κ1) is 14.6. The second kappa shape index (κ2) is 5.81. The minimum absolute atomic E-state index is 0.0829. The molecular formula is C13H5Cl2N2O2S2. The van der Waals surface area contributed by atoms with Crippen LogP contribution in [-0.2, 0) is 0 Å². The van der Waals surface area contributed by atoms with Crippen molar-refractivity contribution in [3.05, 3.63) is 56.6 Å². The van der Waals surface area contributed by atoms with Crippen LogP contribution >= 0.6 is 46.3 Å². The van der Waals surface area contributed by atoms with Crippen molar-refractivity contribution in [2.24, 2.45) is 0 Å². The summed E-state index contributed by atoms with van der Waals surface area (Å²) in [5.74, 6) is 0. The molecule has 1 radical (unpaired) electrons. The van der Waals surface area contributed by atoms with Gasteiger partial charge in [0.1, 0.15) is 0 Å². The van der Waals surface area contributed by atoms with Crippen molar-refractivity contribution in [2.75, 3.05) is 0 Å². The molecular weight excluding hydrogens is 351 g/mol. The molecule has 0 aliphatic carbocycles. The third-order valence-corrected chi connectivity index (χ3v) is 5.36. The van der Waals surface area contributed by atoms with E-state index in [-0.39, 0.29) is 10.7 Å². The predicted octanol–water partition coefficient (Wildman–Crippen LogP) is 5.46. The number of hydrogen-bond acceptors (Lipinski definition) is 5. The zero-order valence-electron chi connectivity index (χ0n) is 10.2. The highest BCUT2D eigenvalue weighted by Gasteiger charge is 2.13. The van der Waals surface area contributed by atoms with Crippen molar-refractivity contribution >= 4 is 62.2 Å². The number of non-ortho nitro benzene ring substituents is 1. The van der Waals surface area contributed by atoms with Crippen molar-refractivity contribution in [2.45, 2.75) is 9.24 Å². The number of hydrogen-bond donors (Lipinski definition) is 0. The molecule has 0 aliphatic rings. The molecule has 3 rings (SSSR count). The van der Waals surface area contributed by atoms with E-state index in [0.29, 0.717) is 9.92 Å². The number of nitro benzene ring substituents is 1. The smallest absolute Gasteiger partial charge is 0.258 e. The van der Waals surface area contributed by atoms with Crippen molar-refractivity contribution in [1.29, 1.82) is 0 Å². The van der Waals surface area contributed by atoms with Gasteiger partial charge in [0, 0.05) is 28.1 Å². The van der Waals surface area contributed by atoms with Gasteiger partial charge in [-0.15, -0.1) is 11.3 Å². The fourth-order valence-electron chi connectivity index (χ4n) is 1.64. The van der Waals surface area contributed by atoms with Crippen LogP contribution < -0.4 is 0 Å². The van der Waals surface area contributed by atoms with Gasteiger partial charge in [0.2, 0.25) is 0 Å². The van der Waals surface area contributed by atoms with Crippen molar-refractivity contribution in [1.82, 2.24) is 4.98 Å². The largest absolute Gasteiger partial charge is 0.271 e. The lowest BCUT2D eigenvalue weighted by Gasteiger charge is -2.00. The lowest BCUT2D eigenvalue weighted by Crippen LogP contribution is -1.88. The molecule has 105 valence electrons. The summed E-state index contributed by atoms with van der Waals surface area (Å²) < 4.78 is 1.79. The van der Waals surface area contributed by atoms with E-state index in [4.69, 9.17) is 23.2 Å². The van der Waals surface area contributed by atoms with E-state index >= 15 is 0 Å². The minimum Gasteiger partial charge on any atom is -0.258 e. The topological polar surface area (TPSA) is 56.0 Å². The quantitative estimate of drug-likeness (QED) is 0.462.